The van der Waals surface area contributed by atoms with Gasteiger partial charge in [-0.15, -0.1) is 0 Å². The van der Waals surface area contributed by atoms with Gasteiger partial charge in [0.25, 0.3) is 5.91 Å². The molecule has 0 bridgehead atoms. The van der Waals surface area contributed by atoms with Crippen LogP contribution >= 0.6 is 0 Å². The Balaban J connectivity index is 2.69. The maximum atomic E-state index is 11.0. The molecule has 0 spiro atoms. The van der Waals surface area contributed by atoms with Crippen LogP contribution in [0.15, 0.2) is 33.9 Å². The molecule has 0 fully saturated rings. The van der Waals surface area contributed by atoms with Gasteiger partial charge in [-0.3, -0.25) is 4.79 Å². The van der Waals surface area contributed by atoms with E-state index in [9.17, 15) is 4.79 Å². The number of benzene rings is 1. The zero-order valence-corrected chi connectivity index (χ0v) is 6.65. The van der Waals surface area contributed by atoms with E-state index in [-0.39, 0.29) is 5.91 Å². The molecule has 0 radical (unpaired) electrons. The summed E-state index contributed by atoms with van der Waals surface area (Å²) in [7, 11) is 0. The van der Waals surface area contributed by atoms with Crippen molar-refractivity contribution < 1.29 is 9.21 Å². The number of hydrogen-bond donors (Lipinski definition) is 0. The monoisotopic (exact) mass is 171 g/mol. The minimum absolute atomic E-state index is 0.209. The molecule has 1 aliphatic rings. The topological polar surface area (TPSA) is 42.6 Å². The Kier molecular flexibility index (Phi) is 1.05. The Bertz CT molecular complexity index is 622. The highest BCUT2D eigenvalue weighted by Crippen LogP contribution is 2.08. The van der Waals surface area contributed by atoms with Crippen LogP contribution in [0.2, 0.25) is 0 Å². The van der Waals surface area contributed by atoms with Crippen LogP contribution in [0.3, 0.4) is 0 Å². The molecule has 0 unspecified atom stereocenters. The average Bonchev–Trinajstić information content (AvgIpc) is 2.65. The van der Waals surface area contributed by atoms with Crippen molar-refractivity contribution in [2.75, 3.05) is 0 Å². The molecule has 0 N–H and O–H groups in total. The maximum Gasteiger partial charge on any atom is 0.271 e. The van der Waals surface area contributed by atoms with Gasteiger partial charge in [-0.05, 0) is 18.2 Å². The lowest BCUT2D eigenvalue weighted by Gasteiger charge is -1.85. The molecule has 62 valence electrons. The number of amides is 1. The summed E-state index contributed by atoms with van der Waals surface area (Å²) >= 11 is 0. The molecule has 3 rings (SSSR count). The van der Waals surface area contributed by atoms with Crippen LogP contribution in [0.1, 0.15) is 0 Å². The molecule has 3 heteroatoms. The van der Waals surface area contributed by atoms with E-state index >= 15 is 0 Å². The summed E-state index contributed by atoms with van der Waals surface area (Å²) in [6, 6.07) is 5.59. The van der Waals surface area contributed by atoms with Crippen LogP contribution in [0, 0.1) is 0 Å². The highest BCUT2D eigenvalue weighted by atomic mass is 16.3. The number of carbonyl (C=O) groups is 1. The van der Waals surface area contributed by atoms with Gasteiger partial charge in [0.05, 0.1) is 11.6 Å². The van der Waals surface area contributed by atoms with Crippen molar-refractivity contribution >= 4 is 23.0 Å². The number of nitrogens with zero attached hydrogens (tertiary/aromatic N) is 1. The van der Waals surface area contributed by atoms with E-state index in [4.69, 9.17) is 4.42 Å². The fourth-order valence-electron chi connectivity index (χ4n) is 1.56. The molecular weight excluding hydrogens is 166 g/mol. The second-order valence-electron chi connectivity index (χ2n) is 2.93. The largest absolute Gasteiger partial charge is 0.464 e. The van der Waals surface area contributed by atoms with Gasteiger partial charge in [0, 0.05) is 16.7 Å². The molecule has 3 nitrogen and oxygen atoms in total. The molecule has 2 heterocycles. The fraction of sp³-hybridized carbons (Fsp3) is 0. The lowest BCUT2D eigenvalue weighted by Crippen LogP contribution is -2.20. The summed E-state index contributed by atoms with van der Waals surface area (Å²) in [5, 5.41) is 2.50. The lowest BCUT2D eigenvalue weighted by atomic mass is 10.2. The first-order valence-corrected chi connectivity index (χ1v) is 3.95. The second kappa shape index (κ2) is 2.07. The smallest absolute Gasteiger partial charge is 0.271 e. The second-order valence-corrected chi connectivity index (χ2v) is 2.93. The Morgan fingerprint density at radius 1 is 1.23 bits per heavy atom. The Morgan fingerprint density at radius 3 is 3.08 bits per heavy atom. The molecule has 1 aliphatic heterocycles. The number of rotatable bonds is 0. The summed E-state index contributed by atoms with van der Waals surface area (Å²) in [6.45, 7) is 0. The lowest BCUT2D eigenvalue weighted by molar-refractivity contribution is -0.112. The van der Waals surface area contributed by atoms with Gasteiger partial charge in [0.15, 0.2) is 0 Å². The molecule has 0 saturated carbocycles. The molecule has 2 aromatic rings. The van der Waals surface area contributed by atoms with Gasteiger partial charge in [0.1, 0.15) is 5.58 Å². The number of hydrogen-bond acceptors (Lipinski definition) is 2. The first kappa shape index (κ1) is 6.60. The minimum atomic E-state index is -0.209. The van der Waals surface area contributed by atoms with Crippen LogP contribution in [0.25, 0.3) is 17.0 Å². The predicted molar refractivity (Wildman–Crippen MR) is 46.5 cm³/mol. The van der Waals surface area contributed by atoms with Crippen LogP contribution in [0.4, 0.5) is 0 Å². The summed E-state index contributed by atoms with van der Waals surface area (Å²) in [5.74, 6) is -0.209. The first-order valence-electron chi connectivity index (χ1n) is 3.95. The number of fused-ring (bicyclic) bond motifs is 3. The van der Waals surface area contributed by atoms with Crippen molar-refractivity contribution in [1.29, 1.82) is 0 Å². The van der Waals surface area contributed by atoms with E-state index in [2.05, 4.69) is 4.99 Å². The van der Waals surface area contributed by atoms with E-state index < -0.39 is 0 Å². The number of carbonyl (C=O) groups excluding carboxylic acids is 1. The van der Waals surface area contributed by atoms with Crippen molar-refractivity contribution in [1.82, 2.24) is 0 Å². The van der Waals surface area contributed by atoms with Crippen molar-refractivity contribution in [3.05, 3.63) is 35.0 Å². The van der Waals surface area contributed by atoms with Gasteiger partial charge in [-0.1, -0.05) is 0 Å². The summed E-state index contributed by atoms with van der Waals surface area (Å²) in [6.07, 6.45) is 3.11. The molecular formula is C10H5NO2. The Labute approximate surface area is 73.0 Å². The van der Waals surface area contributed by atoms with E-state index in [0.717, 1.165) is 16.2 Å². The predicted octanol–water partition coefficient (Wildman–Crippen LogP) is 0.373. The maximum absolute atomic E-state index is 11.0. The third kappa shape index (κ3) is 0.783. The van der Waals surface area contributed by atoms with Crippen LogP contribution in [-0.4, -0.2) is 5.91 Å². The third-order valence-electron chi connectivity index (χ3n) is 2.14. The van der Waals surface area contributed by atoms with Gasteiger partial charge in [-0.25, -0.2) is 4.99 Å². The average molecular weight is 171 g/mol. The quantitative estimate of drug-likeness (QED) is 0.574. The highest BCUT2D eigenvalue weighted by Gasteiger charge is 2.07. The summed E-state index contributed by atoms with van der Waals surface area (Å²) < 4.78 is 5.27. The van der Waals surface area contributed by atoms with Gasteiger partial charge >= 0.3 is 0 Å². The number of furan rings is 1. The van der Waals surface area contributed by atoms with Gasteiger partial charge < -0.3 is 4.42 Å². The molecule has 1 amide bonds. The minimum Gasteiger partial charge on any atom is -0.464 e. The Hall–Kier alpha value is -1.90. The molecule has 1 aromatic carbocycles. The van der Waals surface area contributed by atoms with Crippen molar-refractivity contribution in [3.63, 3.8) is 0 Å². The first-order chi connectivity index (χ1) is 6.34. The van der Waals surface area contributed by atoms with E-state index in [1.807, 2.05) is 18.2 Å². The molecule has 0 saturated heterocycles. The van der Waals surface area contributed by atoms with Gasteiger partial charge in [-0.2, -0.15) is 0 Å². The third-order valence-corrected chi connectivity index (χ3v) is 2.14. The molecule has 1 aromatic heterocycles. The van der Waals surface area contributed by atoms with Crippen molar-refractivity contribution in [2.45, 2.75) is 0 Å². The van der Waals surface area contributed by atoms with E-state index in [1.165, 1.54) is 6.08 Å². The fourth-order valence-corrected chi connectivity index (χ4v) is 1.56. The standard InChI is InChI=1S/C10H5NO2/c12-9-5-7-8(11-9)2-1-6-3-4-13-10(6)7/h1-5H. The van der Waals surface area contributed by atoms with Gasteiger partial charge in [0.2, 0.25) is 0 Å². The highest BCUT2D eigenvalue weighted by molar-refractivity contribution is 6.08. The van der Waals surface area contributed by atoms with Crippen molar-refractivity contribution in [2.24, 2.45) is 4.99 Å². The van der Waals surface area contributed by atoms with Crippen LogP contribution in [0.5, 0.6) is 0 Å². The summed E-state index contributed by atoms with van der Waals surface area (Å²) in [5.41, 5.74) is 0.743. The molecule has 13 heavy (non-hydrogen) atoms. The molecule has 0 aliphatic carbocycles. The van der Waals surface area contributed by atoms with Crippen LogP contribution < -0.4 is 10.6 Å². The Morgan fingerprint density at radius 2 is 2.15 bits per heavy atom. The zero-order chi connectivity index (χ0) is 8.84. The normalized spacial score (nSPS) is 14.0. The van der Waals surface area contributed by atoms with Crippen molar-refractivity contribution in [3.8, 4) is 0 Å². The summed E-state index contributed by atoms with van der Waals surface area (Å²) in [4.78, 5) is 14.8. The molecule has 0 atom stereocenters. The SMILES string of the molecule is O=C1C=c2c(ccc3ccoc23)=N1. The van der Waals surface area contributed by atoms with Crippen LogP contribution in [-0.2, 0) is 4.79 Å². The van der Waals surface area contributed by atoms with E-state index in [1.54, 1.807) is 6.26 Å². The van der Waals surface area contributed by atoms with E-state index in [0.29, 0.717) is 5.36 Å². The zero-order valence-electron chi connectivity index (χ0n) is 6.65.